The topological polar surface area (TPSA) is 51.7 Å². The van der Waals surface area contributed by atoms with Gasteiger partial charge >= 0.3 is 0 Å². The molecule has 0 amide bonds. The minimum absolute atomic E-state index is 0. The van der Waals surface area contributed by atoms with Crippen LogP contribution in [0.1, 0.15) is 53.9 Å². The largest absolute Gasteiger partial charge is 0.357 e. The molecular weight excluding hydrogens is 413 g/mol. The molecule has 0 atom stereocenters. The predicted octanol–water partition coefficient (Wildman–Crippen LogP) is 2.67. The molecule has 144 valence electrons. The second-order valence-corrected chi connectivity index (χ2v) is 7.74. The van der Waals surface area contributed by atoms with Crippen LogP contribution in [0.15, 0.2) is 4.99 Å². The number of piperidine rings is 1. The van der Waals surface area contributed by atoms with Gasteiger partial charge in [-0.2, -0.15) is 0 Å². The lowest BCUT2D eigenvalue weighted by molar-refractivity contribution is 0.192. The zero-order valence-corrected chi connectivity index (χ0v) is 18.8. The number of halogens is 1. The van der Waals surface area contributed by atoms with E-state index in [1.165, 1.54) is 32.5 Å². The van der Waals surface area contributed by atoms with Crippen LogP contribution in [0, 0.1) is 5.92 Å². The fourth-order valence-corrected chi connectivity index (χ4v) is 2.73. The first-order valence-corrected chi connectivity index (χ1v) is 9.40. The predicted molar refractivity (Wildman–Crippen MR) is 117 cm³/mol. The second-order valence-electron chi connectivity index (χ2n) is 7.74. The van der Waals surface area contributed by atoms with Gasteiger partial charge in [0.15, 0.2) is 5.96 Å². The Hall–Kier alpha value is -0.0800. The van der Waals surface area contributed by atoms with Crippen LogP contribution in [0.25, 0.3) is 0 Å². The molecule has 5 nitrogen and oxygen atoms in total. The lowest BCUT2D eigenvalue weighted by Crippen LogP contribution is -2.44. The Bertz CT molecular complexity index is 333. The summed E-state index contributed by atoms with van der Waals surface area (Å²) in [5, 5.41) is 10.2. The highest BCUT2D eigenvalue weighted by molar-refractivity contribution is 14.0. The van der Waals surface area contributed by atoms with Crippen molar-refractivity contribution in [3.8, 4) is 0 Å². The van der Waals surface area contributed by atoms with Gasteiger partial charge < -0.3 is 20.9 Å². The number of guanidine groups is 1. The third kappa shape index (κ3) is 12.3. The molecule has 1 saturated heterocycles. The Morgan fingerprint density at radius 3 is 2.38 bits per heavy atom. The average Bonchev–Trinajstić information content (AvgIpc) is 2.48. The number of rotatable bonds is 8. The van der Waals surface area contributed by atoms with Crippen LogP contribution in [0.5, 0.6) is 0 Å². The van der Waals surface area contributed by atoms with E-state index in [9.17, 15) is 0 Å². The third-order valence-corrected chi connectivity index (χ3v) is 4.20. The van der Waals surface area contributed by atoms with E-state index in [0.717, 1.165) is 44.5 Å². The zero-order chi connectivity index (χ0) is 17.1. The highest BCUT2D eigenvalue weighted by Crippen LogP contribution is 2.15. The molecule has 0 aromatic carbocycles. The van der Waals surface area contributed by atoms with Crippen LogP contribution in [0.2, 0.25) is 0 Å². The van der Waals surface area contributed by atoms with Crippen LogP contribution >= 0.6 is 24.0 Å². The van der Waals surface area contributed by atoms with Crippen LogP contribution in [0.4, 0.5) is 0 Å². The van der Waals surface area contributed by atoms with E-state index < -0.39 is 0 Å². The zero-order valence-electron chi connectivity index (χ0n) is 16.5. The van der Waals surface area contributed by atoms with Crippen LogP contribution in [-0.2, 0) is 0 Å². The maximum absolute atomic E-state index is 4.69. The summed E-state index contributed by atoms with van der Waals surface area (Å²) in [6, 6.07) is 0. The highest BCUT2D eigenvalue weighted by atomic mass is 127. The standard InChI is InChI=1S/C18H39N5.HI/c1-6-19-17(21-11-12-22-18(3,4)5)20-10-7-13-23-14-8-16(2)9-15-23;/h16,22H,6-15H2,1-5H3,(H2,19,20,21);1H. The van der Waals surface area contributed by atoms with E-state index in [4.69, 9.17) is 0 Å². The Balaban J connectivity index is 0.00000529. The van der Waals surface area contributed by atoms with Crippen LogP contribution in [0.3, 0.4) is 0 Å². The number of hydrogen-bond donors (Lipinski definition) is 3. The van der Waals surface area contributed by atoms with Crippen LogP contribution < -0.4 is 16.0 Å². The summed E-state index contributed by atoms with van der Waals surface area (Å²) in [6.45, 7) is 18.4. The van der Waals surface area contributed by atoms with Gasteiger partial charge in [-0.05, 0) is 72.5 Å². The summed E-state index contributed by atoms with van der Waals surface area (Å²) >= 11 is 0. The Kier molecular flexibility index (Phi) is 13.1. The lowest BCUT2D eigenvalue weighted by Gasteiger charge is -2.29. The third-order valence-electron chi connectivity index (χ3n) is 4.20. The van der Waals surface area contributed by atoms with Gasteiger partial charge in [0, 0.05) is 31.7 Å². The number of likely N-dealkylation sites (tertiary alicyclic amines) is 1. The Morgan fingerprint density at radius 2 is 1.79 bits per heavy atom. The van der Waals surface area contributed by atoms with E-state index in [2.05, 4.69) is 60.5 Å². The van der Waals surface area contributed by atoms with Crippen molar-refractivity contribution in [2.45, 2.75) is 59.4 Å². The van der Waals surface area contributed by atoms with Gasteiger partial charge in [-0.3, -0.25) is 4.99 Å². The van der Waals surface area contributed by atoms with Gasteiger partial charge in [0.25, 0.3) is 0 Å². The molecule has 1 fully saturated rings. The van der Waals surface area contributed by atoms with Crippen molar-refractivity contribution in [2.75, 3.05) is 45.8 Å². The van der Waals surface area contributed by atoms with E-state index >= 15 is 0 Å². The van der Waals surface area contributed by atoms with E-state index in [-0.39, 0.29) is 29.5 Å². The highest BCUT2D eigenvalue weighted by Gasteiger charge is 2.14. The van der Waals surface area contributed by atoms with Gasteiger partial charge in [-0.1, -0.05) is 6.92 Å². The molecule has 0 aromatic rings. The van der Waals surface area contributed by atoms with Gasteiger partial charge in [0.05, 0.1) is 0 Å². The normalized spacial score (nSPS) is 17.5. The monoisotopic (exact) mass is 453 g/mol. The molecule has 0 radical (unpaired) electrons. The average molecular weight is 453 g/mol. The molecule has 0 saturated carbocycles. The molecule has 0 unspecified atom stereocenters. The molecular formula is C18H40IN5. The lowest BCUT2D eigenvalue weighted by atomic mass is 9.99. The minimum atomic E-state index is 0. The first kappa shape index (κ1) is 23.9. The fraction of sp³-hybridized carbons (Fsp3) is 0.944. The number of aliphatic imine (C=N–C) groups is 1. The van der Waals surface area contributed by atoms with E-state index in [0.29, 0.717) is 0 Å². The number of nitrogens with zero attached hydrogens (tertiary/aromatic N) is 2. The molecule has 1 aliphatic rings. The quantitative estimate of drug-likeness (QED) is 0.229. The Morgan fingerprint density at radius 1 is 1.12 bits per heavy atom. The van der Waals surface area contributed by atoms with Crippen molar-refractivity contribution < 1.29 is 0 Å². The smallest absolute Gasteiger partial charge is 0.191 e. The number of nitrogens with one attached hydrogen (secondary N) is 3. The van der Waals surface area contributed by atoms with Crippen molar-refractivity contribution in [1.29, 1.82) is 0 Å². The van der Waals surface area contributed by atoms with E-state index in [1.807, 2.05) is 0 Å². The van der Waals surface area contributed by atoms with Gasteiger partial charge in [0.1, 0.15) is 0 Å². The first-order chi connectivity index (χ1) is 10.9. The molecule has 0 bridgehead atoms. The molecule has 0 spiro atoms. The summed E-state index contributed by atoms with van der Waals surface area (Å²) < 4.78 is 0. The molecule has 3 N–H and O–H groups in total. The summed E-state index contributed by atoms with van der Waals surface area (Å²) in [5.41, 5.74) is 0.170. The van der Waals surface area contributed by atoms with Crippen molar-refractivity contribution >= 4 is 29.9 Å². The fourth-order valence-electron chi connectivity index (χ4n) is 2.73. The van der Waals surface area contributed by atoms with Gasteiger partial charge in [0.2, 0.25) is 0 Å². The maximum atomic E-state index is 4.69. The van der Waals surface area contributed by atoms with Crippen molar-refractivity contribution in [1.82, 2.24) is 20.9 Å². The molecule has 1 rings (SSSR count). The van der Waals surface area contributed by atoms with Crippen molar-refractivity contribution in [2.24, 2.45) is 10.9 Å². The Labute approximate surface area is 166 Å². The molecule has 6 heteroatoms. The SMILES string of the molecule is CCNC(=NCCCN1CCC(C)CC1)NCCNC(C)(C)C.I. The summed E-state index contributed by atoms with van der Waals surface area (Å²) in [6.07, 6.45) is 3.85. The van der Waals surface area contributed by atoms with E-state index in [1.54, 1.807) is 0 Å². The summed E-state index contributed by atoms with van der Waals surface area (Å²) in [4.78, 5) is 7.27. The summed E-state index contributed by atoms with van der Waals surface area (Å²) in [5.74, 6) is 1.85. The van der Waals surface area contributed by atoms with Crippen molar-refractivity contribution in [3.63, 3.8) is 0 Å². The first-order valence-electron chi connectivity index (χ1n) is 9.40. The second kappa shape index (κ2) is 13.2. The van der Waals surface area contributed by atoms with Crippen molar-refractivity contribution in [3.05, 3.63) is 0 Å². The van der Waals surface area contributed by atoms with Crippen LogP contribution in [-0.4, -0.2) is 62.2 Å². The maximum Gasteiger partial charge on any atom is 0.191 e. The van der Waals surface area contributed by atoms with Gasteiger partial charge in [-0.25, -0.2) is 0 Å². The molecule has 1 heterocycles. The number of hydrogen-bond acceptors (Lipinski definition) is 3. The van der Waals surface area contributed by atoms with Gasteiger partial charge in [-0.15, -0.1) is 24.0 Å². The molecule has 0 aliphatic carbocycles. The molecule has 0 aromatic heterocycles. The minimum Gasteiger partial charge on any atom is -0.357 e. The molecule has 24 heavy (non-hydrogen) atoms. The molecule has 1 aliphatic heterocycles. The summed E-state index contributed by atoms with van der Waals surface area (Å²) in [7, 11) is 0.